The summed E-state index contributed by atoms with van der Waals surface area (Å²) in [5.41, 5.74) is 0. The van der Waals surface area contributed by atoms with Crippen LogP contribution in [0.5, 0.6) is 0 Å². The molecule has 0 aromatic heterocycles. The third-order valence-corrected chi connectivity index (χ3v) is 6.16. The maximum Gasteiger partial charge on any atom is 0.220 e. The number of carbonyl (C=O) groups is 1. The zero-order chi connectivity index (χ0) is 22.1. The van der Waals surface area contributed by atoms with Crippen LogP contribution in [0.3, 0.4) is 0 Å². The van der Waals surface area contributed by atoms with Crippen molar-refractivity contribution in [3.8, 4) is 0 Å². The molecular weight excluding hydrogens is 368 g/mol. The molecule has 3 nitrogen and oxygen atoms in total. The molecule has 0 saturated carbocycles. The van der Waals surface area contributed by atoms with Crippen molar-refractivity contribution in [3.63, 3.8) is 0 Å². The summed E-state index contributed by atoms with van der Waals surface area (Å²) in [4.78, 5) is 14.0. The molecule has 0 bridgehead atoms. The Hall–Kier alpha value is -0.570. The number of hydrogen-bond donors (Lipinski definition) is 1. The summed E-state index contributed by atoms with van der Waals surface area (Å²) in [6, 6.07) is 0. The molecule has 0 aliphatic heterocycles. The third kappa shape index (κ3) is 23.7. The largest absolute Gasteiger partial charge is 0.343 e. The van der Waals surface area contributed by atoms with Crippen molar-refractivity contribution < 1.29 is 4.79 Å². The van der Waals surface area contributed by atoms with E-state index in [9.17, 15) is 4.79 Å². The van der Waals surface area contributed by atoms with E-state index in [-0.39, 0.29) is 5.91 Å². The first kappa shape index (κ1) is 29.4. The normalized spacial score (nSPS) is 11.3. The summed E-state index contributed by atoms with van der Waals surface area (Å²) < 4.78 is 0. The lowest BCUT2D eigenvalue weighted by Gasteiger charge is -2.16. The van der Waals surface area contributed by atoms with Gasteiger partial charge in [0.1, 0.15) is 0 Å². The van der Waals surface area contributed by atoms with Gasteiger partial charge in [0.2, 0.25) is 5.91 Å². The predicted molar refractivity (Wildman–Crippen MR) is 134 cm³/mol. The second-order valence-electron chi connectivity index (χ2n) is 9.45. The Labute approximate surface area is 190 Å². The van der Waals surface area contributed by atoms with Crippen molar-refractivity contribution in [2.45, 2.75) is 149 Å². The highest BCUT2D eigenvalue weighted by molar-refractivity contribution is 5.75. The Morgan fingerprint density at radius 2 is 0.933 bits per heavy atom. The van der Waals surface area contributed by atoms with E-state index < -0.39 is 0 Å². The van der Waals surface area contributed by atoms with Crippen molar-refractivity contribution in [2.75, 3.05) is 20.3 Å². The minimum atomic E-state index is 0.213. The number of amides is 1. The maximum atomic E-state index is 11.8. The number of rotatable bonds is 24. The van der Waals surface area contributed by atoms with Crippen LogP contribution in [0.15, 0.2) is 0 Å². The molecule has 30 heavy (non-hydrogen) atoms. The van der Waals surface area contributed by atoms with Crippen molar-refractivity contribution in [1.82, 2.24) is 10.2 Å². The van der Waals surface area contributed by atoms with Gasteiger partial charge in [-0.25, -0.2) is 0 Å². The van der Waals surface area contributed by atoms with Crippen LogP contribution in [0.4, 0.5) is 0 Å². The molecule has 0 aliphatic carbocycles. The first-order chi connectivity index (χ1) is 14.7. The fourth-order valence-electron chi connectivity index (χ4n) is 4.14. The van der Waals surface area contributed by atoms with E-state index in [1.165, 1.54) is 116 Å². The SMILES string of the molecule is CCCCCCCCCCCCCCCCCCCCCC(=O)NCN(C)CCC. The monoisotopic (exact) mass is 424 g/mol. The van der Waals surface area contributed by atoms with E-state index in [0.717, 1.165) is 19.4 Å². The van der Waals surface area contributed by atoms with Crippen LogP contribution in [0.25, 0.3) is 0 Å². The lowest BCUT2D eigenvalue weighted by Crippen LogP contribution is -2.35. The summed E-state index contributed by atoms with van der Waals surface area (Å²) in [7, 11) is 2.06. The Balaban J connectivity index is 3.13. The highest BCUT2D eigenvalue weighted by Crippen LogP contribution is 2.14. The van der Waals surface area contributed by atoms with Crippen molar-refractivity contribution >= 4 is 5.91 Å². The van der Waals surface area contributed by atoms with Gasteiger partial charge in [-0.1, -0.05) is 129 Å². The van der Waals surface area contributed by atoms with E-state index in [2.05, 4.69) is 31.1 Å². The average Bonchev–Trinajstić information content (AvgIpc) is 2.74. The average molecular weight is 425 g/mol. The molecule has 0 fully saturated rings. The third-order valence-electron chi connectivity index (χ3n) is 6.16. The first-order valence-electron chi connectivity index (χ1n) is 13.7. The molecular formula is C27H56N2O. The van der Waals surface area contributed by atoms with Crippen LogP contribution < -0.4 is 5.32 Å². The van der Waals surface area contributed by atoms with Gasteiger partial charge >= 0.3 is 0 Å². The summed E-state index contributed by atoms with van der Waals surface area (Å²) in [5, 5.41) is 3.01. The molecule has 0 saturated heterocycles. The van der Waals surface area contributed by atoms with Crippen LogP contribution in [0.1, 0.15) is 149 Å². The van der Waals surface area contributed by atoms with Gasteiger partial charge in [-0.2, -0.15) is 0 Å². The topological polar surface area (TPSA) is 32.3 Å². The number of hydrogen-bond acceptors (Lipinski definition) is 2. The quantitative estimate of drug-likeness (QED) is 0.125. The highest BCUT2D eigenvalue weighted by atomic mass is 16.1. The summed E-state index contributed by atoms with van der Waals surface area (Å²) in [5.74, 6) is 0.213. The fourth-order valence-corrected chi connectivity index (χ4v) is 4.14. The van der Waals surface area contributed by atoms with Gasteiger partial charge in [0.05, 0.1) is 6.67 Å². The van der Waals surface area contributed by atoms with Gasteiger partial charge in [-0.05, 0) is 26.4 Å². The second-order valence-corrected chi connectivity index (χ2v) is 9.45. The lowest BCUT2D eigenvalue weighted by atomic mass is 10.0. The van der Waals surface area contributed by atoms with E-state index >= 15 is 0 Å². The molecule has 0 heterocycles. The second kappa shape index (κ2) is 24.7. The van der Waals surface area contributed by atoms with Gasteiger partial charge < -0.3 is 5.32 Å². The van der Waals surface area contributed by atoms with Crippen LogP contribution in [0.2, 0.25) is 0 Å². The molecule has 1 amide bonds. The molecule has 0 unspecified atom stereocenters. The van der Waals surface area contributed by atoms with Gasteiger partial charge in [0.15, 0.2) is 0 Å². The number of unbranched alkanes of at least 4 members (excludes halogenated alkanes) is 18. The molecule has 0 rings (SSSR count). The fraction of sp³-hybridized carbons (Fsp3) is 0.963. The van der Waals surface area contributed by atoms with Crippen molar-refractivity contribution in [3.05, 3.63) is 0 Å². The zero-order valence-corrected chi connectivity index (χ0v) is 21.1. The van der Waals surface area contributed by atoms with Gasteiger partial charge in [-0.15, -0.1) is 0 Å². The molecule has 0 atom stereocenters. The zero-order valence-electron chi connectivity index (χ0n) is 21.1. The minimum Gasteiger partial charge on any atom is -0.343 e. The van der Waals surface area contributed by atoms with Crippen molar-refractivity contribution in [2.24, 2.45) is 0 Å². The van der Waals surface area contributed by atoms with Crippen LogP contribution >= 0.6 is 0 Å². The van der Waals surface area contributed by atoms with Crippen molar-refractivity contribution in [1.29, 1.82) is 0 Å². The van der Waals surface area contributed by atoms with Crippen LogP contribution in [0, 0.1) is 0 Å². The molecule has 0 aromatic rings. The molecule has 180 valence electrons. The van der Waals surface area contributed by atoms with E-state index in [0.29, 0.717) is 13.1 Å². The van der Waals surface area contributed by atoms with Gasteiger partial charge in [0.25, 0.3) is 0 Å². The first-order valence-corrected chi connectivity index (χ1v) is 13.7. The van der Waals surface area contributed by atoms with Crippen LogP contribution in [-0.2, 0) is 4.79 Å². The summed E-state index contributed by atoms with van der Waals surface area (Å²) in [6.45, 7) is 6.18. The van der Waals surface area contributed by atoms with E-state index in [1.54, 1.807) is 0 Å². The number of nitrogens with one attached hydrogen (secondary N) is 1. The molecule has 0 radical (unpaired) electrons. The molecule has 0 aromatic carbocycles. The standard InChI is InChI=1S/C27H56N2O/c1-4-6-7-8-9-10-11-12-13-14-15-16-17-18-19-20-21-22-23-24-27(30)28-26-29(3)25-5-2/h4-26H2,1-3H3,(H,28,30). The highest BCUT2D eigenvalue weighted by Gasteiger charge is 2.02. The van der Waals surface area contributed by atoms with E-state index in [1.807, 2.05) is 0 Å². The predicted octanol–water partition coefficient (Wildman–Crippen LogP) is 8.22. The summed E-state index contributed by atoms with van der Waals surface area (Å²) >= 11 is 0. The smallest absolute Gasteiger partial charge is 0.220 e. The molecule has 1 N–H and O–H groups in total. The van der Waals surface area contributed by atoms with Gasteiger partial charge in [-0.3, -0.25) is 9.69 Å². The number of carbonyl (C=O) groups excluding carboxylic acids is 1. The Morgan fingerprint density at radius 3 is 1.30 bits per heavy atom. The molecule has 0 aliphatic rings. The van der Waals surface area contributed by atoms with Gasteiger partial charge in [0, 0.05) is 6.42 Å². The molecule has 3 heteroatoms. The Morgan fingerprint density at radius 1 is 0.567 bits per heavy atom. The van der Waals surface area contributed by atoms with E-state index in [4.69, 9.17) is 0 Å². The van der Waals surface area contributed by atoms with Crippen LogP contribution in [-0.4, -0.2) is 31.1 Å². The number of nitrogens with zero attached hydrogens (tertiary/aromatic N) is 1. The summed E-state index contributed by atoms with van der Waals surface area (Å²) in [6.07, 6.45) is 28.2. The maximum absolute atomic E-state index is 11.8. The lowest BCUT2D eigenvalue weighted by molar-refractivity contribution is -0.121. The Bertz CT molecular complexity index is 346. The minimum absolute atomic E-state index is 0.213. The molecule has 0 spiro atoms. The Kier molecular flexibility index (Phi) is 24.2.